The summed E-state index contributed by atoms with van der Waals surface area (Å²) in [7, 11) is 0. The first kappa shape index (κ1) is 16.3. The number of hydrogen-bond acceptors (Lipinski definition) is 3. The minimum Gasteiger partial charge on any atom is -0.354 e. The van der Waals surface area contributed by atoms with Crippen LogP contribution in [-0.4, -0.2) is 36.7 Å². The molecule has 126 valence electrons. The number of urea groups is 1. The largest absolute Gasteiger partial charge is 0.354 e. The molecule has 0 aliphatic carbocycles. The summed E-state index contributed by atoms with van der Waals surface area (Å²) in [6.07, 6.45) is 4.68. The van der Waals surface area contributed by atoms with Crippen molar-refractivity contribution in [3.8, 4) is 0 Å². The number of carbonyl (C=O) groups is 1. The van der Waals surface area contributed by atoms with Crippen LogP contribution >= 0.6 is 0 Å². The summed E-state index contributed by atoms with van der Waals surface area (Å²) in [5.41, 5.74) is 1.31. The normalized spacial score (nSPS) is 16.8. The number of amides is 2. The fourth-order valence-electron chi connectivity index (χ4n) is 3.00. The van der Waals surface area contributed by atoms with Gasteiger partial charge in [-0.3, -0.25) is 0 Å². The Morgan fingerprint density at radius 2 is 2.00 bits per heavy atom. The van der Waals surface area contributed by atoms with Crippen molar-refractivity contribution in [3.63, 3.8) is 0 Å². The van der Waals surface area contributed by atoms with E-state index in [1.54, 1.807) is 6.20 Å². The maximum atomic E-state index is 12.0. The summed E-state index contributed by atoms with van der Waals surface area (Å²) >= 11 is 0. The maximum absolute atomic E-state index is 12.0. The number of carbonyl (C=O) groups excluding carboxylic acids is 1. The van der Waals surface area contributed by atoms with Crippen LogP contribution in [-0.2, 0) is 6.42 Å². The Kier molecular flexibility index (Phi) is 5.66. The predicted molar refractivity (Wildman–Crippen MR) is 96.2 cm³/mol. The summed E-state index contributed by atoms with van der Waals surface area (Å²) in [6, 6.07) is 16.4. The molecule has 0 bridgehead atoms. The average Bonchev–Trinajstić information content (AvgIpc) is 3.09. The second-order valence-corrected chi connectivity index (χ2v) is 6.11. The van der Waals surface area contributed by atoms with E-state index in [4.69, 9.17) is 0 Å². The molecule has 1 aromatic carbocycles. The molecule has 5 heteroatoms. The van der Waals surface area contributed by atoms with E-state index in [0.717, 1.165) is 38.2 Å². The molecule has 1 aromatic heterocycles. The summed E-state index contributed by atoms with van der Waals surface area (Å²) in [5, 5.41) is 6.01. The lowest BCUT2D eigenvalue weighted by atomic mass is 10.1. The molecule has 2 amide bonds. The number of anilines is 1. The Hall–Kier alpha value is -2.56. The van der Waals surface area contributed by atoms with Crippen LogP contribution in [0.5, 0.6) is 0 Å². The van der Waals surface area contributed by atoms with Crippen molar-refractivity contribution in [2.24, 2.45) is 0 Å². The SMILES string of the molecule is O=C(NCCCc1ccccc1)N[C@@H]1CCN(c2ccccn2)C1. The Balaban J connectivity index is 1.34. The predicted octanol–water partition coefficient (Wildman–Crippen LogP) is 2.59. The van der Waals surface area contributed by atoms with Gasteiger partial charge in [0, 0.05) is 31.9 Å². The van der Waals surface area contributed by atoms with E-state index in [1.165, 1.54) is 5.56 Å². The highest BCUT2D eigenvalue weighted by molar-refractivity contribution is 5.74. The lowest BCUT2D eigenvalue weighted by Gasteiger charge is -2.18. The maximum Gasteiger partial charge on any atom is 0.315 e. The second kappa shape index (κ2) is 8.34. The molecule has 5 nitrogen and oxygen atoms in total. The number of nitrogens with one attached hydrogen (secondary N) is 2. The van der Waals surface area contributed by atoms with Crippen molar-refractivity contribution in [1.29, 1.82) is 0 Å². The van der Waals surface area contributed by atoms with Crippen LogP contribution in [0, 0.1) is 0 Å². The van der Waals surface area contributed by atoms with E-state index in [1.807, 2.05) is 36.4 Å². The second-order valence-electron chi connectivity index (χ2n) is 6.11. The van der Waals surface area contributed by atoms with Crippen molar-refractivity contribution in [3.05, 3.63) is 60.3 Å². The number of hydrogen-bond donors (Lipinski definition) is 2. The monoisotopic (exact) mass is 324 g/mol. The molecular formula is C19H24N4O. The summed E-state index contributed by atoms with van der Waals surface area (Å²) in [5.74, 6) is 0.977. The van der Waals surface area contributed by atoms with Gasteiger partial charge in [-0.25, -0.2) is 9.78 Å². The average molecular weight is 324 g/mol. The molecular weight excluding hydrogens is 300 g/mol. The first-order valence-corrected chi connectivity index (χ1v) is 8.55. The van der Waals surface area contributed by atoms with Crippen molar-refractivity contribution in [2.75, 3.05) is 24.5 Å². The topological polar surface area (TPSA) is 57.3 Å². The molecule has 1 aliphatic heterocycles. The van der Waals surface area contributed by atoms with E-state index in [-0.39, 0.29) is 12.1 Å². The fraction of sp³-hybridized carbons (Fsp3) is 0.368. The van der Waals surface area contributed by atoms with Gasteiger partial charge in [-0.15, -0.1) is 0 Å². The molecule has 24 heavy (non-hydrogen) atoms. The molecule has 2 N–H and O–H groups in total. The van der Waals surface area contributed by atoms with Crippen molar-refractivity contribution >= 4 is 11.8 Å². The smallest absolute Gasteiger partial charge is 0.315 e. The highest BCUT2D eigenvalue weighted by Crippen LogP contribution is 2.17. The van der Waals surface area contributed by atoms with Gasteiger partial charge in [0.25, 0.3) is 0 Å². The molecule has 1 fully saturated rings. The first-order valence-electron chi connectivity index (χ1n) is 8.55. The molecule has 1 aliphatic rings. The summed E-state index contributed by atoms with van der Waals surface area (Å²) in [4.78, 5) is 18.6. The van der Waals surface area contributed by atoms with Gasteiger partial charge in [0.05, 0.1) is 0 Å². The van der Waals surface area contributed by atoms with Gasteiger partial charge in [-0.1, -0.05) is 36.4 Å². The number of aromatic nitrogens is 1. The lowest BCUT2D eigenvalue weighted by Crippen LogP contribution is -2.43. The molecule has 3 rings (SSSR count). The first-order chi connectivity index (χ1) is 11.8. The number of pyridine rings is 1. The van der Waals surface area contributed by atoms with Gasteiger partial charge >= 0.3 is 6.03 Å². The van der Waals surface area contributed by atoms with Gasteiger partial charge in [0.15, 0.2) is 0 Å². The van der Waals surface area contributed by atoms with E-state index >= 15 is 0 Å². The summed E-state index contributed by atoms with van der Waals surface area (Å²) < 4.78 is 0. The molecule has 2 aromatic rings. The summed E-state index contributed by atoms with van der Waals surface area (Å²) in [6.45, 7) is 2.43. The quantitative estimate of drug-likeness (QED) is 0.803. The van der Waals surface area contributed by atoms with Crippen LogP contribution in [0.25, 0.3) is 0 Å². The van der Waals surface area contributed by atoms with E-state index < -0.39 is 0 Å². The van der Waals surface area contributed by atoms with Gasteiger partial charge in [0.2, 0.25) is 0 Å². The molecule has 1 atom stereocenters. The third-order valence-corrected chi connectivity index (χ3v) is 4.27. The van der Waals surface area contributed by atoms with Crippen LogP contribution in [0.15, 0.2) is 54.7 Å². The van der Waals surface area contributed by atoms with Crippen LogP contribution < -0.4 is 15.5 Å². The zero-order valence-electron chi connectivity index (χ0n) is 13.8. The van der Waals surface area contributed by atoms with Gasteiger partial charge in [-0.2, -0.15) is 0 Å². The number of benzene rings is 1. The van der Waals surface area contributed by atoms with Crippen LogP contribution in [0.1, 0.15) is 18.4 Å². The Labute approximate surface area is 143 Å². The van der Waals surface area contributed by atoms with Crippen LogP contribution in [0.3, 0.4) is 0 Å². The van der Waals surface area contributed by atoms with Crippen LogP contribution in [0.4, 0.5) is 10.6 Å². The van der Waals surface area contributed by atoms with Gasteiger partial charge in [0.1, 0.15) is 5.82 Å². The zero-order chi connectivity index (χ0) is 16.6. The van der Waals surface area contributed by atoms with E-state index in [0.29, 0.717) is 6.54 Å². The lowest BCUT2D eigenvalue weighted by molar-refractivity contribution is 0.237. The Bertz CT molecular complexity index is 632. The minimum absolute atomic E-state index is 0.0732. The third kappa shape index (κ3) is 4.72. The standard InChI is InChI=1S/C19H24N4O/c24-19(21-13-6-9-16-7-2-1-3-8-16)22-17-11-14-23(15-17)18-10-4-5-12-20-18/h1-5,7-8,10,12,17H,6,9,11,13-15H2,(H2,21,22,24)/t17-/m1/s1. The molecule has 0 saturated carbocycles. The van der Waals surface area contributed by atoms with Crippen molar-refractivity contribution < 1.29 is 4.79 Å². The van der Waals surface area contributed by atoms with Crippen molar-refractivity contribution in [1.82, 2.24) is 15.6 Å². The number of aryl methyl sites for hydroxylation is 1. The fourth-order valence-corrected chi connectivity index (χ4v) is 3.00. The van der Waals surface area contributed by atoms with Crippen LogP contribution in [0.2, 0.25) is 0 Å². The molecule has 0 unspecified atom stereocenters. The minimum atomic E-state index is -0.0732. The van der Waals surface area contributed by atoms with Crippen molar-refractivity contribution in [2.45, 2.75) is 25.3 Å². The van der Waals surface area contributed by atoms with Gasteiger partial charge in [-0.05, 0) is 37.0 Å². The highest BCUT2D eigenvalue weighted by atomic mass is 16.2. The van der Waals surface area contributed by atoms with E-state index in [9.17, 15) is 4.79 Å². The zero-order valence-corrected chi connectivity index (χ0v) is 13.8. The molecule has 0 radical (unpaired) electrons. The van der Waals surface area contributed by atoms with E-state index in [2.05, 4.69) is 32.7 Å². The molecule has 1 saturated heterocycles. The molecule has 2 heterocycles. The molecule has 0 spiro atoms. The Morgan fingerprint density at radius 1 is 1.17 bits per heavy atom. The number of rotatable bonds is 6. The third-order valence-electron chi connectivity index (χ3n) is 4.27. The Morgan fingerprint density at radius 3 is 2.79 bits per heavy atom. The van der Waals surface area contributed by atoms with Gasteiger partial charge < -0.3 is 15.5 Å². The highest BCUT2D eigenvalue weighted by Gasteiger charge is 2.24. The number of nitrogens with zero attached hydrogens (tertiary/aromatic N) is 2.